The van der Waals surface area contributed by atoms with E-state index in [1.807, 2.05) is 24.3 Å². The first kappa shape index (κ1) is 18.7. The van der Waals surface area contributed by atoms with E-state index in [1.54, 1.807) is 13.2 Å². The Kier molecular flexibility index (Phi) is 5.47. The van der Waals surface area contributed by atoms with E-state index in [-0.39, 0.29) is 11.6 Å². The second-order valence-corrected chi connectivity index (χ2v) is 7.72. The highest BCUT2D eigenvalue weighted by molar-refractivity contribution is 5.39. The van der Waals surface area contributed by atoms with Gasteiger partial charge in [-0.1, -0.05) is 18.2 Å². The van der Waals surface area contributed by atoms with Crippen LogP contribution in [-0.2, 0) is 11.3 Å². The van der Waals surface area contributed by atoms with Gasteiger partial charge >= 0.3 is 0 Å². The molecule has 2 unspecified atom stereocenters. The monoisotopic (exact) mass is 378 g/mol. The summed E-state index contributed by atoms with van der Waals surface area (Å²) in [5.41, 5.74) is 1.64. The molecule has 0 bridgehead atoms. The molecule has 2 aliphatic rings. The third-order valence-corrected chi connectivity index (χ3v) is 5.61. The Morgan fingerprint density at radius 3 is 2.96 bits per heavy atom. The Hall–Kier alpha value is -2.62. The SMILES string of the molecule is COc1ccc(CN2CCCC3(CC(Nc4cccc(C#N)n4)CO3)C2)cc1. The van der Waals surface area contributed by atoms with E-state index in [0.29, 0.717) is 12.3 Å². The Balaban J connectivity index is 1.36. The minimum Gasteiger partial charge on any atom is -0.497 e. The fourth-order valence-corrected chi connectivity index (χ4v) is 4.32. The maximum absolute atomic E-state index is 9.02. The predicted molar refractivity (Wildman–Crippen MR) is 107 cm³/mol. The van der Waals surface area contributed by atoms with Gasteiger partial charge in [-0.05, 0) is 49.2 Å². The molecule has 2 atom stereocenters. The summed E-state index contributed by atoms with van der Waals surface area (Å²) in [5.74, 6) is 1.64. The molecule has 6 heteroatoms. The van der Waals surface area contributed by atoms with Crippen LogP contribution in [0.25, 0.3) is 0 Å². The summed E-state index contributed by atoms with van der Waals surface area (Å²) in [5, 5.41) is 12.5. The van der Waals surface area contributed by atoms with Crippen molar-refractivity contribution in [3.05, 3.63) is 53.7 Å². The standard InChI is InChI=1S/C22H26N4O2/c1-27-20-8-6-17(7-9-20)14-26-11-3-10-22(16-26)12-19(15-28-22)25-21-5-2-4-18(13-23)24-21/h2,4-9,19H,3,10-12,14-16H2,1H3,(H,24,25). The number of anilines is 1. The van der Waals surface area contributed by atoms with Crippen molar-refractivity contribution in [2.24, 2.45) is 0 Å². The van der Waals surface area contributed by atoms with Gasteiger partial charge in [0.1, 0.15) is 23.3 Å². The first-order valence-corrected chi connectivity index (χ1v) is 9.81. The number of methoxy groups -OCH3 is 1. The van der Waals surface area contributed by atoms with Gasteiger partial charge in [0.25, 0.3) is 0 Å². The molecule has 0 amide bonds. The van der Waals surface area contributed by atoms with Crippen LogP contribution in [0, 0.1) is 11.3 Å². The summed E-state index contributed by atoms with van der Waals surface area (Å²) in [6.07, 6.45) is 3.20. The number of hydrogen-bond acceptors (Lipinski definition) is 6. The Bertz CT molecular complexity index is 848. The number of aromatic nitrogens is 1. The van der Waals surface area contributed by atoms with Crippen molar-refractivity contribution in [3.63, 3.8) is 0 Å². The maximum atomic E-state index is 9.02. The molecule has 3 heterocycles. The average Bonchev–Trinajstić information content (AvgIpc) is 3.10. The minimum absolute atomic E-state index is 0.0881. The van der Waals surface area contributed by atoms with Gasteiger partial charge in [0.15, 0.2) is 0 Å². The second kappa shape index (κ2) is 8.17. The lowest BCUT2D eigenvalue weighted by molar-refractivity contribution is -0.0533. The molecule has 2 fully saturated rings. The molecule has 0 aliphatic carbocycles. The normalized spacial score (nSPS) is 24.8. The summed E-state index contributed by atoms with van der Waals surface area (Å²) in [6, 6.07) is 16.1. The molecule has 2 saturated heterocycles. The van der Waals surface area contributed by atoms with E-state index in [1.165, 1.54) is 5.56 Å². The highest BCUT2D eigenvalue weighted by Gasteiger charge is 2.43. The van der Waals surface area contributed by atoms with Crippen LogP contribution in [0.1, 0.15) is 30.5 Å². The van der Waals surface area contributed by atoms with Gasteiger partial charge in [-0.3, -0.25) is 4.90 Å². The molecule has 1 spiro atoms. The molecule has 6 nitrogen and oxygen atoms in total. The molecule has 1 aromatic heterocycles. The maximum Gasteiger partial charge on any atom is 0.142 e. The van der Waals surface area contributed by atoms with Crippen LogP contribution in [0.3, 0.4) is 0 Å². The van der Waals surface area contributed by atoms with Gasteiger partial charge in [-0.2, -0.15) is 5.26 Å². The molecule has 2 aliphatic heterocycles. The fraction of sp³-hybridized carbons (Fsp3) is 0.455. The lowest BCUT2D eigenvalue weighted by Crippen LogP contribution is -2.47. The number of likely N-dealkylation sites (tertiary alicyclic amines) is 1. The molecule has 0 radical (unpaired) electrons. The number of rotatable bonds is 5. The predicted octanol–water partition coefficient (Wildman–Crippen LogP) is 3.20. The summed E-state index contributed by atoms with van der Waals surface area (Å²) in [7, 11) is 1.69. The lowest BCUT2D eigenvalue weighted by Gasteiger charge is -2.39. The molecular weight excluding hydrogens is 352 g/mol. The molecule has 146 valence electrons. The molecule has 4 rings (SSSR count). The van der Waals surface area contributed by atoms with E-state index in [2.05, 4.69) is 33.4 Å². The van der Waals surface area contributed by atoms with E-state index >= 15 is 0 Å². The van der Waals surface area contributed by atoms with Gasteiger partial charge < -0.3 is 14.8 Å². The molecule has 0 saturated carbocycles. The van der Waals surface area contributed by atoms with Gasteiger partial charge in [0.2, 0.25) is 0 Å². The van der Waals surface area contributed by atoms with Crippen molar-refractivity contribution in [1.82, 2.24) is 9.88 Å². The highest BCUT2D eigenvalue weighted by atomic mass is 16.5. The highest BCUT2D eigenvalue weighted by Crippen LogP contribution is 2.36. The second-order valence-electron chi connectivity index (χ2n) is 7.72. The fourth-order valence-electron chi connectivity index (χ4n) is 4.32. The van der Waals surface area contributed by atoms with Crippen molar-refractivity contribution in [2.75, 3.05) is 32.1 Å². The van der Waals surface area contributed by atoms with Gasteiger partial charge in [-0.15, -0.1) is 0 Å². The third kappa shape index (κ3) is 4.27. The van der Waals surface area contributed by atoms with Crippen LogP contribution < -0.4 is 10.1 Å². The van der Waals surface area contributed by atoms with E-state index in [9.17, 15) is 0 Å². The third-order valence-electron chi connectivity index (χ3n) is 5.61. The number of pyridine rings is 1. The zero-order valence-corrected chi connectivity index (χ0v) is 16.2. The number of benzene rings is 1. The Morgan fingerprint density at radius 2 is 2.18 bits per heavy atom. The summed E-state index contributed by atoms with van der Waals surface area (Å²) >= 11 is 0. The Labute approximate surface area is 166 Å². The van der Waals surface area contributed by atoms with Crippen LogP contribution in [0.5, 0.6) is 5.75 Å². The molecule has 28 heavy (non-hydrogen) atoms. The zero-order chi connectivity index (χ0) is 19.4. The Morgan fingerprint density at radius 1 is 1.32 bits per heavy atom. The van der Waals surface area contributed by atoms with Crippen molar-refractivity contribution in [3.8, 4) is 11.8 Å². The topological polar surface area (TPSA) is 70.4 Å². The smallest absolute Gasteiger partial charge is 0.142 e. The zero-order valence-electron chi connectivity index (χ0n) is 16.2. The summed E-state index contributed by atoms with van der Waals surface area (Å²) in [4.78, 5) is 6.81. The average molecular weight is 378 g/mol. The first-order valence-electron chi connectivity index (χ1n) is 9.81. The van der Waals surface area contributed by atoms with Crippen molar-refractivity contribution in [1.29, 1.82) is 5.26 Å². The van der Waals surface area contributed by atoms with Gasteiger partial charge in [0.05, 0.1) is 25.4 Å². The minimum atomic E-state index is -0.0881. The molecule has 2 aromatic rings. The van der Waals surface area contributed by atoms with Crippen LogP contribution >= 0.6 is 0 Å². The van der Waals surface area contributed by atoms with Crippen LogP contribution in [0.15, 0.2) is 42.5 Å². The largest absolute Gasteiger partial charge is 0.497 e. The van der Waals surface area contributed by atoms with E-state index in [4.69, 9.17) is 14.7 Å². The van der Waals surface area contributed by atoms with E-state index in [0.717, 1.165) is 50.5 Å². The number of nitrogens with zero attached hydrogens (tertiary/aromatic N) is 3. The van der Waals surface area contributed by atoms with Crippen molar-refractivity contribution in [2.45, 2.75) is 37.5 Å². The number of nitrogens with one attached hydrogen (secondary N) is 1. The molecular formula is C22H26N4O2. The van der Waals surface area contributed by atoms with Crippen LogP contribution in [0.4, 0.5) is 5.82 Å². The summed E-state index contributed by atoms with van der Waals surface area (Å²) < 4.78 is 11.6. The van der Waals surface area contributed by atoms with Gasteiger partial charge in [0, 0.05) is 19.5 Å². The van der Waals surface area contributed by atoms with Crippen LogP contribution in [-0.4, -0.2) is 48.3 Å². The van der Waals surface area contributed by atoms with Gasteiger partial charge in [-0.25, -0.2) is 4.98 Å². The number of hydrogen-bond donors (Lipinski definition) is 1. The first-order chi connectivity index (χ1) is 13.7. The number of ether oxygens (including phenoxy) is 2. The number of piperidine rings is 1. The lowest BCUT2D eigenvalue weighted by atomic mass is 9.88. The quantitative estimate of drug-likeness (QED) is 0.862. The van der Waals surface area contributed by atoms with Crippen LogP contribution in [0.2, 0.25) is 0 Å². The molecule has 1 N–H and O–H groups in total. The van der Waals surface area contributed by atoms with Crippen molar-refractivity contribution >= 4 is 5.82 Å². The molecule has 1 aromatic carbocycles. The number of nitriles is 1. The summed E-state index contributed by atoms with van der Waals surface area (Å²) in [6.45, 7) is 3.65. The van der Waals surface area contributed by atoms with E-state index < -0.39 is 0 Å². The van der Waals surface area contributed by atoms with Crippen molar-refractivity contribution < 1.29 is 9.47 Å².